The number of hydrogen-bond donors (Lipinski definition) is 1. The van der Waals surface area contributed by atoms with Crippen molar-refractivity contribution in [3.05, 3.63) is 42.5 Å². The molecule has 0 aromatic heterocycles. The molecule has 0 aliphatic rings. The van der Waals surface area contributed by atoms with Gasteiger partial charge < -0.3 is 10.5 Å². The highest BCUT2D eigenvalue weighted by atomic mass is 35.5. The maximum Gasteiger partial charge on any atom is 0.461 e. The molecule has 0 unspecified atom stereocenters. The molecule has 0 radical (unpaired) electrons. The standard InChI is InChI=1S/C11H11F4NO.ClH/c1-2-8(16)7-5-3-4-6-9(7)17-11(14,15)10(12)13;/h2-6,8,10H,1,16H2;1H/t8-;/m1./s1. The first kappa shape index (κ1) is 16.7. The molecule has 1 aromatic rings. The van der Waals surface area contributed by atoms with Crippen LogP contribution in [0.4, 0.5) is 17.6 Å². The Kier molecular flexibility index (Phi) is 6.14. The number of nitrogens with two attached hydrogens (primary N) is 1. The van der Waals surface area contributed by atoms with Gasteiger partial charge in [0.15, 0.2) is 0 Å². The Bertz CT molecular complexity index is 400. The van der Waals surface area contributed by atoms with Crippen molar-refractivity contribution in [2.24, 2.45) is 5.73 Å². The van der Waals surface area contributed by atoms with Crippen molar-refractivity contribution in [3.8, 4) is 5.75 Å². The van der Waals surface area contributed by atoms with Gasteiger partial charge in [0.05, 0.1) is 6.04 Å². The van der Waals surface area contributed by atoms with E-state index in [1.807, 2.05) is 0 Å². The largest absolute Gasteiger partial charge is 0.461 e. The van der Waals surface area contributed by atoms with Gasteiger partial charge in [-0.15, -0.1) is 19.0 Å². The van der Waals surface area contributed by atoms with Crippen LogP contribution in [0.3, 0.4) is 0 Å². The van der Waals surface area contributed by atoms with Crippen LogP contribution in [0.2, 0.25) is 0 Å². The van der Waals surface area contributed by atoms with E-state index in [0.29, 0.717) is 0 Å². The Morgan fingerprint density at radius 2 is 1.83 bits per heavy atom. The molecule has 0 spiro atoms. The molecule has 2 N–H and O–H groups in total. The number of rotatable bonds is 5. The van der Waals surface area contributed by atoms with Crippen molar-refractivity contribution >= 4 is 12.4 Å². The van der Waals surface area contributed by atoms with Crippen LogP contribution in [0.5, 0.6) is 5.75 Å². The summed E-state index contributed by atoms with van der Waals surface area (Å²) in [5.74, 6) is -0.384. The first-order valence-electron chi connectivity index (χ1n) is 4.70. The van der Waals surface area contributed by atoms with E-state index < -0.39 is 18.6 Å². The summed E-state index contributed by atoms with van der Waals surface area (Å²) < 4.78 is 53.5. The summed E-state index contributed by atoms with van der Waals surface area (Å²) in [6, 6.07) is 4.71. The van der Waals surface area contributed by atoms with E-state index in [4.69, 9.17) is 5.73 Å². The normalized spacial score (nSPS) is 12.8. The van der Waals surface area contributed by atoms with Gasteiger partial charge in [-0.2, -0.15) is 17.6 Å². The lowest BCUT2D eigenvalue weighted by atomic mass is 10.1. The first-order valence-corrected chi connectivity index (χ1v) is 4.70. The zero-order chi connectivity index (χ0) is 13.1. The molecule has 0 saturated carbocycles. The highest BCUT2D eigenvalue weighted by Gasteiger charge is 2.44. The maximum atomic E-state index is 12.7. The fourth-order valence-electron chi connectivity index (χ4n) is 1.17. The lowest BCUT2D eigenvalue weighted by molar-refractivity contribution is -0.253. The average Bonchev–Trinajstić information content (AvgIpc) is 2.28. The Balaban J connectivity index is 0.00000289. The van der Waals surface area contributed by atoms with Crippen molar-refractivity contribution in [2.75, 3.05) is 0 Å². The summed E-state index contributed by atoms with van der Waals surface area (Å²) in [6.07, 6.45) is -7.16. The third-order valence-electron chi connectivity index (χ3n) is 2.03. The van der Waals surface area contributed by atoms with Gasteiger partial charge in [-0.3, -0.25) is 0 Å². The third kappa shape index (κ3) is 3.89. The smallest absolute Gasteiger partial charge is 0.428 e. The molecular weight excluding hydrogens is 274 g/mol. The molecule has 0 saturated heterocycles. The third-order valence-corrected chi connectivity index (χ3v) is 2.03. The summed E-state index contributed by atoms with van der Waals surface area (Å²) in [4.78, 5) is 0. The Morgan fingerprint density at radius 1 is 1.28 bits per heavy atom. The van der Waals surface area contributed by atoms with E-state index in [2.05, 4.69) is 11.3 Å². The van der Waals surface area contributed by atoms with Gasteiger partial charge in [-0.25, -0.2) is 0 Å². The molecule has 18 heavy (non-hydrogen) atoms. The highest BCUT2D eigenvalue weighted by molar-refractivity contribution is 5.85. The Hall–Kier alpha value is -1.27. The molecule has 1 atom stereocenters. The molecule has 7 heteroatoms. The molecule has 1 aromatic carbocycles. The minimum Gasteiger partial charge on any atom is -0.428 e. The zero-order valence-corrected chi connectivity index (χ0v) is 9.97. The zero-order valence-electron chi connectivity index (χ0n) is 9.15. The molecule has 0 aliphatic heterocycles. The number of alkyl halides is 4. The van der Waals surface area contributed by atoms with Gasteiger partial charge in [0.25, 0.3) is 0 Å². The molecule has 102 valence electrons. The van der Waals surface area contributed by atoms with E-state index in [0.717, 1.165) is 6.07 Å². The van der Waals surface area contributed by atoms with Gasteiger partial charge in [-0.05, 0) is 6.07 Å². The monoisotopic (exact) mass is 285 g/mol. The van der Waals surface area contributed by atoms with Crippen molar-refractivity contribution in [1.82, 2.24) is 0 Å². The second-order valence-corrected chi connectivity index (χ2v) is 3.26. The molecule has 1 rings (SSSR count). The number of hydrogen-bond acceptors (Lipinski definition) is 2. The highest BCUT2D eigenvalue weighted by Crippen LogP contribution is 2.32. The SMILES string of the molecule is C=C[C@@H](N)c1ccccc1OC(F)(F)C(F)F.Cl. The summed E-state index contributed by atoms with van der Waals surface area (Å²) >= 11 is 0. The van der Waals surface area contributed by atoms with Crippen LogP contribution < -0.4 is 10.5 Å². The van der Waals surface area contributed by atoms with Gasteiger partial charge >= 0.3 is 12.5 Å². The molecule has 0 aliphatic carbocycles. The average molecular weight is 286 g/mol. The number of halogens is 5. The van der Waals surface area contributed by atoms with E-state index in [-0.39, 0.29) is 23.7 Å². The second-order valence-electron chi connectivity index (χ2n) is 3.26. The van der Waals surface area contributed by atoms with E-state index in [9.17, 15) is 17.6 Å². The van der Waals surface area contributed by atoms with Crippen LogP contribution in [0.15, 0.2) is 36.9 Å². The van der Waals surface area contributed by atoms with Crippen LogP contribution in [-0.4, -0.2) is 12.5 Å². The van der Waals surface area contributed by atoms with Crippen LogP contribution in [0.1, 0.15) is 11.6 Å². The predicted octanol–water partition coefficient (Wildman–Crippen LogP) is 3.53. The molecule has 0 bridgehead atoms. The predicted molar refractivity (Wildman–Crippen MR) is 62.4 cm³/mol. The van der Waals surface area contributed by atoms with E-state index >= 15 is 0 Å². The minimum absolute atomic E-state index is 0. The lowest BCUT2D eigenvalue weighted by Crippen LogP contribution is -2.34. The summed E-state index contributed by atoms with van der Waals surface area (Å²) in [5, 5.41) is 0. The van der Waals surface area contributed by atoms with Crippen LogP contribution in [0, 0.1) is 0 Å². The maximum absolute atomic E-state index is 12.7. The summed E-state index contributed by atoms with van der Waals surface area (Å²) in [6.45, 7) is 3.39. The molecule has 2 nitrogen and oxygen atoms in total. The Morgan fingerprint density at radius 3 is 2.33 bits per heavy atom. The summed E-state index contributed by atoms with van der Waals surface area (Å²) in [5.41, 5.74) is 5.73. The van der Waals surface area contributed by atoms with E-state index in [1.165, 1.54) is 24.3 Å². The fourth-order valence-corrected chi connectivity index (χ4v) is 1.17. The number of para-hydroxylation sites is 1. The van der Waals surface area contributed by atoms with Crippen LogP contribution in [-0.2, 0) is 0 Å². The van der Waals surface area contributed by atoms with Crippen molar-refractivity contribution in [2.45, 2.75) is 18.6 Å². The quantitative estimate of drug-likeness (QED) is 0.663. The molecule has 0 heterocycles. The number of benzene rings is 1. The minimum atomic E-state index is -4.54. The van der Waals surface area contributed by atoms with Crippen LogP contribution in [0.25, 0.3) is 0 Å². The number of ether oxygens (including phenoxy) is 1. The van der Waals surface area contributed by atoms with Crippen LogP contribution >= 0.6 is 12.4 Å². The summed E-state index contributed by atoms with van der Waals surface area (Å²) in [7, 11) is 0. The van der Waals surface area contributed by atoms with Crippen molar-refractivity contribution in [1.29, 1.82) is 0 Å². The first-order chi connectivity index (χ1) is 7.88. The van der Waals surface area contributed by atoms with Gasteiger partial charge in [0, 0.05) is 5.56 Å². The molecular formula is C11H12ClF4NO. The van der Waals surface area contributed by atoms with Gasteiger partial charge in [-0.1, -0.05) is 24.3 Å². The second kappa shape index (κ2) is 6.61. The fraction of sp³-hybridized carbons (Fsp3) is 0.273. The van der Waals surface area contributed by atoms with Gasteiger partial charge in [0.2, 0.25) is 0 Å². The van der Waals surface area contributed by atoms with E-state index in [1.54, 1.807) is 0 Å². The van der Waals surface area contributed by atoms with Crippen molar-refractivity contribution < 1.29 is 22.3 Å². The topological polar surface area (TPSA) is 35.2 Å². The lowest BCUT2D eigenvalue weighted by Gasteiger charge is -2.20. The van der Waals surface area contributed by atoms with Gasteiger partial charge in [0.1, 0.15) is 5.75 Å². The Labute approximate surface area is 108 Å². The molecule has 0 amide bonds. The van der Waals surface area contributed by atoms with Crippen molar-refractivity contribution in [3.63, 3.8) is 0 Å². The molecule has 0 fully saturated rings.